The van der Waals surface area contributed by atoms with Crippen molar-refractivity contribution in [3.63, 3.8) is 0 Å². The van der Waals surface area contributed by atoms with Crippen LogP contribution in [0.5, 0.6) is 0 Å². The van der Waals surface area contributed by atoms with Crippen LogP contribution < -0.4 is 0 Å². The summed E-state index contributed by atoms with van der Waals surface area (Å²) in [7, 11) is 3.29. The van der Waals surface area contributed by atoms with Crippen LogP contribution in [0.2, 0.25) is 0 Å². The Kier molecular flexibility index (Phi) is 5.51. The first-order chi connectivity index (χ1) is 5.06. The maximum atomic E-state index is 5.50. The number of hydrogen-bond donors (Lipinski definition) is 0. The highest BCUT2D eigenvalue weighted by atomic mass is 16.5. The summed E-state index contributed by atoms with van der Waals surface area (Å²) in [6.07, 6.45) is 2.08. The first-order valence-electron chi connectivity index (χ1n) is 4.07. The van der Waals surface area contributed by atoms with Gasteiger partial charge in [-0.2, -0.15) is 0 Å². The molecule has 2 heteroatoms. The lowest BCUT2D eigenvalue weighted by Gasteiger charge is -2.19. The lowest BCUT2D eigenvalue weighted by Crippen LogP contribution is -2.19. The van der Waals surface area contributed by atoms with Crippen LogP contribution >= 0.6 is 0 Å². The second-order valence-corrected chi connectivity index (χ2v) is 3.58. The van der Waals surface area contributed by atoms with Crippen LogP contribution in [0.3, 0.4) is 0 Å². The molecule has 0 aromatic rings. The molecular formula is C9H19O2. The molecule has 0 amide bonds. The van der Waals surface area contributed by atoms with Crippen molar-refractivity contribution in [2.45, 2.75) is 39.2 Å². The van der Waals surface area contributed by atoms with Gasteiger partial charge in [0.15, 0.2) is 0 Å². The molecule has 1 radical (unpaired) electrons. The fourth-order valence-corrected chi connectivity index (χ4v) is 0.685. The van der Waals surface area contributed by atoms with Gasteiger partial charge >= 0.3 is 0 Å². The first kappa shape index (κ1) is 10.9. The third kappa shape index (κ3) is 9.92. The van der Waals surface area contributed by atoms with Gasteiger partial charge in [0.1, 0.15) is 0 Å². The van der Waals surface area contributed by atoms with E-state index in [2.05, 4.69) is 32.6 Å². The average molecular weight is 159 g/mol. The van der Waals surface area contributed by atoms with Crippen molar-refractivity contribution in [1.29, 1.82) is 0 Å². The van der Waals surface area contributed by atoms with Crippen LogP contribution in [-0.2, 0) is 9.47 Å². The standard InChI is InChI=1S/C9H19O2/c1-9(2,3)11-8-6-5-7-10-4/h4-8H2,1-3H3. The predicted molar refractivity (Wildman–Crippen MR) is 46.2 cm³/mol. The van der Waals surface area contributed by atoms with E-state index >= 15 is 0 Å². The van der Waals surface area contributed by atoms with Gasteiger partial charge in [-0.05, 0) is 33.6 Å². The Bertz CT molecular complexity index is 84.1. The highest BCUT2D eigenvalue weighted by molar-refractivity contribution is 4.58. The quantitative estimate of drug-likeness (QED) is 0.573. The largest absolute Gasteiger partial charge is 0.379 e. The predicted octanol–water partition coefficient (Wildman–Crippen LogP) is 2.39. The van der Waals surface area contributed by atoms with Crippen molar-refractivity contribution < 1.29 is 9.47 Å². The molecule has 0 rings (SSSR count). The third-order valence-electron chi connectivity index (χ3n) is 1.22. The highest BCUT2D eigenvalue weighted by Crippen LogP contribution is 2.07. The molecule has 0 saturated heterocycles. The Morgan fingerprint density at radius 2 is 1.64 bits per heavy atom. The summed E-state index contributed by atoms with van der Waals surface area (Å²) in [4.78, 5) is 0. The van der Waals surface area contributed by atoms with Gasteiger partial charge in [0, 0.05) is 13.2 Å². The molecule has 0 spiro atoms. The van der Waals surface area contributed by atoms with E-state index in [9.17, 15) is 0 Å². The molecule has 0 N–H and O–H groups in total. The molecule has 0 aliphatic carbocycles. The Hall–Kier alpha value is -0.0800. The number of rotatable bonds is 5. The summed E-state index contributed by atoms with van der Waals surface area (Å²) in [5.74, 6) is 0. The van der Waals surface area contributed by atoms with Gasteiger partial charge in [0.05, 0.1) is 12.7 Å². The molecule has 11 heavy (non-hydrogen) atoms. The molecule has 2 nitrogen and oxygen atoms in total. The Labute approximate surface area is 69.9 Å². The van der Waals surface area contributed by atoms with E-state index in [4.69, 9.17) is 4.74 Å². The zero-order valence-corrected chi connectivity index (χ0v) is 7.85. The summed E-state index contributed by atoms with van der Waals surface area (Å²) >= 11 is 0. The molecule has 0 aromatic heterocycles. The number of ether oxygens (including phenoxy) is 2. The molecule has 0 unspecified atom stereocenters. The maximum absolute atomic E-state index is 5.50. The van der Waals surface area contributed by atoms with Gasteiger partial charge in [-0.3, -0.25) is 0 Å². The van der Waals surface area contributed by atoms with Crippen LogP contribution in [0.15, 0.2) is 0 Å². The molecule has 0 aromatic carbocycles. The van der Waals surface area contributed by atoms with Crippen molar-refractivity contribution >= 4 is 0 Å². The maximum Gasteiger partial charge on any atom is 0.0700 e. The van der Waals surface area contributed by atoms with Gasteiger partial charge in [-0.15, -0.1) is 0 Å². The smallest absolute Gasteiger partial charge is 0.0700 e. The molecular weight excluding hydrogens is 140 g/mol. The Morgan fingerprint density at radius 1 is 1.09 bits per heavy atom. The lowest BCUT2D eigenvalue weighted by molar-refractivity contribution is -0.00604. The van der Waals surface area contributed by atoms with Crippen LogP contribution in [-0.4, -0.2) is 18.8 Å². The van der Waals surface area contributed by atoms with E-state index in [1.54, 1.807) is 0 Å². The van der Waals surface area contributed by atoms with Gasteiger partial charge in [-0.25, -0.2) is 0 Å². The van der Waals surface area contributed by atoms with Gasteiger partial charge < -0.3 is 9.47 Å². The molecule has 0 aliphatic rings. The minimum absolute atomic E-state index is 0.00861. The molecule has 0 bridgehead atoms. The fraction of sp³-hybridized carbons (Fsp3) is 0.889. The van der Waals surface area contributed by atoms with Crippen molar-refractivity contribution in [1.82, 2.24) is 0 Å². The molecule has 0 atom stereocenters. The normalized spacial score (nSPS) is 12.0. The van der Waals surface area contributed by atoms with E-state index in [-0.39, 0.29) is 5.60 Å². The molecule has 67 valence electrons. The van der Waals surface area contributed by atoms with Gasteiger partial charge in [0.25, 0.3) is 0 Å². The van der Waals surface area contributed by atoms with E-state index in [1.165, 1.54) is 0 Å². The van der Waals surface area contributed by atoms with Crippen molar-refractivity contribution in [3.05, 3.63) is 7.11 Å². The van der Waals surface area contributed by atoms with E-state index < -0.39 is 0 Å². The van der Waals surface area contributed by atoms with Crippen LogP contribution in [0, 0.1) is 7.11 Å². The van der Waals surface area contributed by atoms with Crippen LogP contribution in [0.1, 0.15) is 33.6 Å². The lowest BCUT2D eigenvalue weighted by atomic mass is 10.2. The van der Waals surface area contributed by atoms with Crippen LogP contribution in [0.25, 0.3) is 0 Å². The van der Waals surface area contributed by atoms with Gasteiger partial charge in [0.2, 0.25) is 0 Å². The van der Waals surface area contributed by atoms with E-state index in [1.807, 2.05) is 0 Å². The minimum atomic E-state index is -0.00861. The van der Waals surface area contributed by atoms with E-state index in [0.717, 1.165) is 26.1 Å². The SMILES string of the molecule is [CH2]OCCCCOC(C)(C)C. The fourth-order valence-electron chi connectivity index (χ4n) is 0.685. The topological polar surface area (TPSA) is 18.5 Å². The van der Waals surface area contributed by atoms with E-state index in [0.29, 0.717) is 0 Å². The zero-order chi connectivity index (χ0) is 8.74. The molecule has 0 fully saturated rings. The van der Waals surface area contributed by atoms with Crippen molar-refractivity contribution in [2.24, 2.45) is 0 Å². The summed E-state index contributed by atoms with van der Waals surface area (Å²) in [6, 6.07) is 0. The van der Waals surface area contributed by atoms with Crippen molar-refractivity contribution in [3.8, 4) is 0 Å². The zero-order valence-electron chi connectivity index (χ0n) is 7.85. The monoisotopic (exact) mass is 159 g/mol. The summed E-state index contributed by atoms with van der Waals surface area (Å²) in [6.45, 7) is 7.72. The Balaban J connectivity index is 3.02. The van der Waals surface area contributed by atoms with Crippen LogP contribution in [0.4, 0.5) is 0 Å². The summed E-state index contributed by atoms with van der Waals surface area (Å²) in [5, 5.41) is 0. The van der Waals surface area contributed by atoms with Gasteiger partial charge in [-0.1, -0.05) is 0 Å². The summed E-state index contributed by atoms with van der Waals surface area (Å²) in [5.41, 5.74) is -0.00861. The molecule has 0 heterocycles. The Morgan fingerprint density at radius 3 is 2.09 bits per heavy atom. The average Bonchev–Trinajstić information content (AvgIpc) is 1.85. The molecule has 0 aliphatic heterocycles. The second kappa shape index (κ2) is 5.56. The first-order valence-corrected chi connectivity index (χ1v) is 4.07. The number of unbranched alkanes of at least 4 members (excludes halogenated alkanes) is 1. The summed E-state index contributed by atoms with van der Waals surface area (Å²) < 4.78 is 10.2. The van der Waals surface area contributed by atoms with Crippen molar-refractivity contribution in [2.75, 3.05) is 13.2 Å². The molecule has 0 saturated carbocycles. The third-order valence-corrected chi connectivity index (χ3v) is 1.22. The second-order valence-electron chi connectivity index (χ2n) is 3.58. The number of hydrogen-bond acceptors (Lipinski definition) is 2. The minimum Gasteiger partial charge on any atom is -0.379 e. The highest BCUT2D eigenvalue weighted by Gasteiger charge is 2.08.